The summed E-state index contributed by atoms with van der Waals surface area (Å²) in [5, 5.41) is 12.3. The number of aromatic nitrogens is 4. The van der Waals surface area contributed by atoms with Gasteiger partial charge in [-0.05, 0) is 24.3 Å². The van der Waals surface area contributed by atoms with Gasteiger partial charge in [0.25, 0.3) is 5.91 Å². The van der Waals surface area contributed by atoms with E-state index in [1.54, 1.807) is 58.4 Å². The molecule has 1 amide bonds. The van der Waals surface area contributed by atoms with Gasteiger partial charge in [-0.2, -0.15) is 5.10 Å². The van der Waals surface area contributed by atoms with Gasteiger partial charge < -0.3 is 14.4 Å². The summed E-state index contributed by atoms with van der Waals surface area (Å²) in [6, 6.07) is 12.0. The molecule has 9 heteroatoms. The van der Waals surface area contributed by atoms with E-state index in [0.29, 0.717) is 43.2 Å². The van der Waals surface area contributed by atoms with E-state index in [-0.39, 0.29) is 17.6 Å². The van der Waals surface area contributed by atoms with Gasteiger partial charge in [-0.1, -0.05) is 12.1 Å². The molecule has 1 fully saturated rings. The molecular formula is C21H21N5O4. The molecule has 0 spiro atoms. The Morgan fingerprint density at radius 3 is 2.40 bits per heavy atom. The number of rotatable bonds is 5. The fraction of sp³-hybridized carbons (Fsp3) is 0.286. The average molecular weight is 407 g/mol. The number of likely N-dealkylation sites (tertiary alicyclic amines) is 1. The van der Waals surface area contributed by atoms with Crippen molar-refractivity contribution < 1.29 is 19.1 Å². The zero-order valence-electron chi connectivity index (χ0n) is 16.5. The lowest BCUT2D eigenvalue weighted by Crippen LogP contribution is -2.42. The summed E-state index contributed by atoms with van der Waals surface area (Å²) >= 11 is 0. The Hall–Kier alpha value is -3.75. The van der Waals surface area contributed by atoms with Crippen LogP contribution in [0.1, 0.15) is 33.6 Å². The minimum atomic E-state index is -0.519. The smallest absolute Gasteiger partial charge is 0.338 e. The zero-order valence-corrected chi connectivity index (χ0v) is 16.5. The largest absolute Gasteiger partial charge is 0.473 e. The zero-order chi connectivity index (χ0) is 20.9. The van der Waals surface area contributed by atoms with E-state index in [2.05, 4.69) is 15.3 Å². The van der Waals surface area contributed by atoms with E-state index in [0.717, 1.165) is 0 Å². The molecule has 3 heterocycles. The molecule has 0 bridgehead atoms. The van der Waals surface area contributed by atoms with Crippen molar-refractivity contribution in [2.45, 2.75) is 18.9 Å². The first kappa shape index (κ1) is 19.6. The second kappa shape index (κ2) is 8.73. The third-order valence-electron chi connectivity index (χ3n) is 4.94. The molecule has 0 saturated carbocycles. The van der Waals surface area contributed by atoms with Crippen LogP contribution in [0.3, 0.4) is 0 Å². The minimum absolute atomic E-state index is 0.0604. The number of esters is 1. The number of amides is 1. The molecule has 9 nitrogen and oxygen atoms in total. The van der Waals surface area contributed by atoms with E-state index in [1.807, 2.05) is 6.07 Å². The van der Waals surface area contributed by atoms with Crippen LogP contribution in [0.4, 0.5) is 0 Å². The van der Waals surface area contributed by atoms with E-state index in [1.165, 1.54) is 7.11 Å². The first-order valence-electron chi connectivity index (χ1n) is 9.62. The Morgan fingerprint density at radius 1 is 1.00 bits per heavy atom. The van der Waals surface area contributed by atoms with Crippen molar-refractivity contribution in [1.29, 1.82) is 0 Å². The molecule has 154 valence electrons. The van der Waals surface area contributed by atoms with Crippen molar-refractivity contribution in [2.75, 3.05) is 20.2 Å². The predicted molar refractivity (Wildman–Crippen MR) is 106 cm³/mol. The molecule has 0 unspecified atom stereocenters. The maximum absolute atomic E-state index is 12.9. The number of carbonyl (C=O) groups excluding carboxylic acids is 2. The summed E-state index contributed by atoms with van der Waals surface area (Å²) in [6.45, 7) is 1.05. The van der Waals surface area contributed by atoms with Gasteiger partial charge in [0.2, 0.25) is 5.88 Å². The lowest BCUT2D eigenvalue weighted by molar-refractivity contribution is 0.0551. The van der Waals surface area contributed by atoms with Gasteiger partial charge in [0.1, 0.15) is 6.10 Å². The Kier molecular flexibility index (Phi) is 5.69. The number of hydrogen-bond donors (Lipinski definition) is 0. The molecule has 4 rings (SSSR count). The maximum Gasteiger partial charge on any atom is 0.338 e. The number of carbonyl (C=O) groups is 2. The number of nitrogens with zero attached hydrogens (tertiary/aromatic N) is 5. The van der Waals surface area contributed by atoms with E-state index in [9.17, 15) is 9.59 Å². The molecule has 1 aliphatic heterocycles. The number of benzene rings is 1. The summed E-state index contributed by atoms with van der Waals surface area (Å²) < 4.78 is 12.3. The van der Waals surface area contributed by atoms with Crippen molar-refractivity contribution in [3.63, 3.8) is 0 Å². The molecule has 0 N–H and O–H groups in total. The van der Waals surface area contributed by atoms with Crippen LogP contribution in [-0.2, 0) is 4.74 Å². The monoisotopic (exact) mass is 407 g/mol. The molecule has 3 aromatic rings. The topological polar surface area (TPSA) is 99.4 Å². The molecule has 1 saturated heterocycles. The van der Waals surface area contributed by atoms with Gasteiger partial charge in [-0.25, -0.2) is 9.48 Å². The van der Waals surface area contributed by atoms with E-state index >= 15 is 0 Å². The molecule has 0 aliphatic carbocycles. The van der Waals surface area contributed by atoms with Gasteiger partial charge in [-0.15, -0.1) is 10.2 Å². The van der Waals surface area contributed by atoms with Crippen LogP contribution in [0.2, 0.25) is 0 Å². The van der Waals surface area contributed by atoms with Crippen LogP contribution in [0, 0.1) is 0 Å². The highest BCUT2D eigenvalue weighted by atomic mass is 16.5. The van der Waals surface area contributed by atoms with Crippen LogP contribution in [0.5, 0.6) is 5.88 Å². The minimum Gasteiger partial charge on any atom is -0.473 e. The van der Waals surface area contributed by atoms with Gasteiger partial charge in [0.15, 0.2) is 5.82 Å². The Balaban J connectivity index is 1.35. The third-order valence-corrected chi connectivity index (χ3v) is 4.94. The van der Waals surface area contributed by atoms with Gasteiger partial charge in [0.05, 0.1) is 18.2 Å². The van der Waals surface area contributed by atoms with Crippen LogP contribution in [0.25, 0.3) is 5.82 Å². The molecular weight excluding hydrogens is 386 g/mol. The van der Waals surface area contributed by atoms with E-state index < -0.39 is 5.97 Å². The SMILES string of the molecule is COC(=O)c1ccccc1C(=O)N1CCC(Oc2ccc(-n3cccn3)nn2)CC1. The Bertz CT molecular complexity index is 1010. The number of hydrogen-bond acceptors (Lipinski definition) is 7. The van der Waals surface area contributed by atoms with Crippen molar-refractivity contribution in [2.24, 2.45) is 0 Å². The fourth-order valence-electron chi connectivity index (χ4n) is 3.38. The van der Waals surface area contributed by atoms with Gasteiger partial charge in [0, 0.05) is 44.4 Å². The van der Waals surface area contributed by atoms with E-state index in [4.69, 9.17) is 9.47 Å². The standard InChI is InChI=1S/C21H21N5O4/c1-29-21(28)17-6-3-2-5-16(17)20(27)25-13-9-15(10-14-25)30-19-8-7-18(23-24-19)26-12-4-11-22-26/h2-8,11-12,15H,9-10,13-14H2,1H3. The summed E-state index contributed by atoms with van der Waals surface area (Å²) in [5.41, 5.74) is 0.625. The molecule has 0 atom stereocenters. The maximum atomic E-state index is 12.9. The third kappa shape index (κ3) is 4.14. The van der Waals surface area contributed by atoms with Gasteiger partial charge in [-0.3, -0.25) is 4.79 Å². The normalized spacial score (nSPS) is 14.4. The molecule has 0 radical (unpaired) electrons. The molecule has 30 heavy (non-hydrogen) atoms. The van der Waals surface area contributed by atoms with Crippen LogP contribution in [-0.4, -0.2) is 63.1 Å². The number of ether oxygens (including phenoxy) is 2. The highest BCUT2D eigenvalue weighted by Gasteiger charge is 2.27. The highest BCUT2D eigenvalue weighted by molar-refractivity contribution is 6.05. The number of piperidine rings is 1. The van der Waals surface area contributed by atoms with Crippen LogP contribution < -0.4 is 4.74 Å². The summed E-state index contributed by atoms with van der Waals surface area (Å²) in [5.74, 6) is 0.343. The number of methoxy groups -OCH3 is 1. The Labute approximate surface area is 173 Å². The summed E-state index contributed by atoms with van der Waals surface area (Å²) in [6.07, 6.45) is 4.72. The Morgan fingerprint density at radius 2 is 1.77 bits per heavy atom. The van der Waals surface area contributed by atoms with Crippen molar-refractivity contribution in [3.8, 4) is 11.7 Å². The predicted octanol–water partition coefficient (Wildman–Crippen LogP) is 2.13. The first-order chi connectivity index (χ1) is 14.7. The molecule has 2 aromatic heterocycles. The van der Waals surface area contributed by atoms with Gasteiger partial charge >= 0.3 is 5.97 Å². The van der Waals surface area contributed by atoms with Crippen LogP contribution >= 0.6 is 0 Å². The average Bonchev–Trinajstić information content (AvgIpc) is 3.34. The molecule has 1 aliphatic rings. The van der Waals surface area contributed by atoms with Crippen molar-refractivity contribution >= 4 is 11.9 Å². The highest BCUT2D eigenvalue weighted by Crippen LogP contribution is 2.20. The fourth-order valence-corrected chi connectivity index (χ4v) is 3.38. The van der Waals surface area contributed by atoms with Crippen molar-refractivity contribution in [1.82, 2.24) is 24.9 Å². The van der Waals surface area contributed by atoms with Crippen LogP contribution in [0.15, 0.2) is 54.9 Å². The lowest BCUT2D eigenvalue weighted by atomic mass is 10.0. The second-order valence-corrected chi connectivity index (χ2v) is 6.83. The molecule has 1 aromatic carbocycles. The summed E-state index contributed by atoms with van der Waals surface area (Å²) in [4.78, 5) is 26.6. The second-order valence-electron chi connectivity index (χ2n) is 6.83. The quantitative estimate of drug-likeness (QED) is 0.598. The van der Waals surface area contributed by atoms with Crippen molar-refractivity contribution in [3.05, 3.63) is 66.0 Å². The lowest BCUT2D eigenvalue weighted by Gasteiger charge is -2.32. The first-order valence-corrected chi connectivity index (χ1v) is 9.62. The summed E-state index contributed by atoms with van der Waals surface area (Å²) in [7, 11) is 1.30.